The molecule has 0 amide bonds. The van der Waals surface area contributed by atoms with Gasteiger partial charge in [0.15, 0.2) is 0 Å². The third kappa shape index (κ3) is 2.76. The van der Waals surface area contributed by atoms with Crippen LogP contribution in [0.4, 0.5) is 0 Å². The van der Waals surface area contributed by atoms with E-state index in [2.05, 4.69) is 18.8 Å². The first-order chi connectivity index (χ1) is 7.24. The number of halogens is 1. The predicted molar refractivity (Wildman–Crippen MR) is 65.0 cm³/mol. The normalized spacial score (nSPS) is 12.1. The molecular formula is C11H17ClN2O2. The van der Waals surface area contributed by atoms with Crippen molar-refractivity contribution in [3.63, 3.8) is 0 Å². The quantitative estimate of drug-likeness (QED) is 0.826. The standard InChI is InChI=1S/C11H17ClN2O2/c1-7(2)11(3,4)6-14-9(15)5-8(12)13-10(14)16/h5,7H,6H2,1-4H3,(H,13,16). The van der Waals surface area contributed by atoms with Gasteiger partial charge in [0.05, 0.1) is 0 Å². The molecule has 1 N–H and O–H groups in total. The van der Waals surface area contributed by atoms with Crippen molar-refractivity contribution in [1.29, 1.82) is 0 Å². The summed E-state index contributed by atoms with van der Waals surface area (Å²) in [7, 11) is 0. The SMILES string of the molecule is CC(C)C(C)(C)Cn1c(=O)cc(Cl)[nH]c1=O. The highest BCUT2D eigenvalue weighted by atomic mass is 35.5. The second kappa shape index (κ2) is 4.45. The van der Waals surface area contributed by atoms with Gasteiger partial charge in [-0.25, -0.2) is 4.79 Å². The number of aromatic nitrogens is 2. The molecule has 90 valence electrons. The van der Waals surface area contributed by atoms with E-state index in [1.54, 1.807) is 0 Å². The Kier molecular flexibility index (Phi) is 3.63. The molecule has 0 aliphatic carbocycles. The van der Waals surface area contributed by atoms with Crippen LogP contribution in [0.25, 0.3) is 0 Å². The minimum atomic E-state index is -0.453. The van der Waals surface area contributed by atoms with Crippen molar-refractivity contribution in [3.05, 3.63) is 32.1 Å². The second-order valence-electron chi connectivity index (χ2n) is 4.99. The zero-order valence-corrected chi connectivity index (χ0v) is 10.8. The summed E-state index contributed by atoms with van der Waals surface area (Å²) in [5.41, 5.74) is -0.932. The van der Waals surface area contributed by atoms with E-state index in [1.165, 1.54) is 10.6 Å². The van der Waals surface area contributed by atoms with Crippen LogP contribution in [0, 0.1) is 11.3 Å². The molecule has 0 aliphatic heterocycles. The number of H-pyrrole nitrogens is 1. The van der Waals surface area contributed by atoms with E-state index in [0.29, 0.717) is 12.5 Å². The molecule has 0 spiro atoms. The van der Waals surface area contributed by atoms with Crippen LogP contribution in [0.2, 0.25) is 5.15 Å². The highest BCUT2D eigenvalue weighted by Crippen LogP contribution is 2.26. The molecule has 0 atom stereocenters. The monoisotopic (exact) mass is 244 g/mol. The Hall–Kier alpha value is -1.03. The van der Waals surface area contributed by atoms with E-state index in [-0.39, 0.29) is 16.1 Å². The van der Waals surface area contributed by atoms with Crippen LogP contribution < -0.4 is 11.2 Å². The Bertz CT molecular complexity index is 454. The average Bonchev–Trinajstić information content (AvgIpc) is 2.11. The predicted octanol–water partition coefficient (Wildman–Crippen LogP) is 1.87. The molecular weight excluding hydrogens is 228 g/mol. The molecule has 0 aliphatic rings. The van der Waals surface area contributed by atoms with E-state index < -0.39 is 5.69 Å². The summed E-state index contributed by atoms with van der Waals surface area (Å²) in [5, 5.41) is 0.0774. The maximum atomic E-state index is 11.6. The van der Waals surface area contributed by atoms with Crippen LogP contribution in [-0.2, 0) is 6.54 Å². The summed E-state index contributed by atoms with van der Waals surface area (Å²) in [6, 6.07) is 1.22. The van der Waals surface area contributed by atoms with Gasteiger partial charge in [-0.2, -0.15) is 0 Å². The van der Waals surface area contributed by atoms with Crippen molar-refractivity contribution in [1.82, 2.24) is 9.55 Å². The fourth-order valence-corrected chi connectivity index (χ4v) is 1.41. The zero-order chi connectivity index (χ0) is 12.5. The van der Waals surface area contributed by atoms with E-state index in [0.717, 1.165) is 0 Å². The molecule has 0 radical (unpaired) electrons. The lowest BCUT2D eigenvalue weighted by atomic mass is 9.81. The van der Waals surface area contributed by atoms with Crippen molar-refractivity contribution in [2.24, 2.45) is 11.3 Å². The van der Waals surface area contributed by atoms with Gasteiger partial charge in [-0.15, -0.1) is 0 Å². The van der Waals surface area contributed by atoms with Gasteiger partial charge >= 0.3 is 5.69 Å². The van der Waals surface area contributed by atoms with Crippen molar-refractivity contribution in [3.8, 4) is 0 Å². The number of rotatable bonds is 3. The Labute approximate surface area is 99.3 Å². The third-order valence-corrected chi connectivity index (χ3v) is 3.32. The first-order valence-corrected chi connectivity index (χ1v) is 5.61. The minimum Gasteiger partial charge on any atom is -0.298 e. The van der Waals surface area contributed by atoms with Gasteiger partial charge in [0.25, 0.3) is 5.56 Å². The third-order valence-electron chi connectivity index (χ3n) is 3.12. The van der Waals surface area contributed by atoms with Crippen LogP contribution in [0.3, 0.4) is 0 Å². The summed E-state index contributed by atoms with van der Waals surface area (Å²) in [5.74, 6) is 0.370. The lowest BCUT2D eigenvalue weighted by Gasteiger charge is -2.29. The van der Waals surface area contributed by atoms with Gasteiger partial charge in [0, 0.05) is 12.6 Å². The Morgan fingerprint density at radius 2 is 2.00 bits per heavy atom. The van der Waals surface area contributed by atoms with Crippen molar-refractivity contribution in [2.75, 3.05) is 0 Å². The van der Waals surface area contributed by atoms with Crippen LogP contribution in [-0.4, -0.2) is 9.55 Å². The topological polar surface area (TPSA) is 54.9 Å². The summed E-state index contributed by atoms with van der Waals surface area (Å²) in [4.78, 5) is 25.6. The van der Waals surface area contributed by atoms with E-state index in [1.807, 2.05) is 13.8 Å². The molecule has 0 saturated heterocycles. The number of nitrogens with one attached hydrogen (secondary N) is 1. The highest BCUT2D eigenvalue weighted by Gasteiger charge is 2.24. The number of aromatic amines is 1. The smallest absolute Gasteiger partial charge is 0.298 e. The largest absolute Gasteiger partial charge is 0.329 e. The van der Waals surface area contributed by atoms with Gasteiger partial charge in [-0.1, -0.05) is 39.3 Å². The Morgan fingerprint density at radius 3 is 2.44 bits per heavy atom. The molecule has 4 nitrogen and oxygen atoms in total. The van der Waals surface area contributed by atoms with Crippen LogP contribution in [0.15, 0.2) is 15.7 Å². The molecule has 0 fully saturated rings. The zero-order valence-electron chi connectivity index (χ0n) is 10.0. The first kappa shape index (κ1) is 13.0. The minimum absolute atomic E-state index is 0.0774. The molecule has 1 rings (SSSR count). The lowest BCUT2D eigenvalue weighted by Crippen LogP contribution is -2.40. The van der Waals surface area contributed by atoms with Gasteiger partial charge in [0.2, 0.25) is 0 Å². The highest BCUT2D eigenvalue weighted by molar-refractivity contribution is 6.29. The van der Waals surface area contributed by atoms with E-state index in [9.17, 15) is 9.59 Å². The summed E-state index contributed by atoms with van der Waals surface area (Å²) >= 11 is 5.59. The summed E-state index contributed by atoms with van der Waals surface area (Å²) in [6.45, 7) is 8.57. The molecule has 16 heavy (non-hydrogen) atoms. The molecule has 1 heterocycles. The molecule has 0 aromatic carbocycles. The van der Waals surface area contributed by atoms with Gasteiger partial charge in [-0.05, 0) is 11.3 Å². The van der Waals surface area contributed by atoms with Crippen molar-refractivity contribution < 1.29 is 0 Å². The Balaban J connectivity index is 3.18. The van der Waals surface area contributed by atoms with Gasteiger partial charge in [-0.3, -0.25) is 14.3 Å². The molecule has 1 aromatic heterocycles. The molecule has 0 bridgehead atoms. The van der Waals surface area contributed by atoms with E-state index in [4.69, 9.17) is 11.6 Å². The summed E-state index contributed by atoms with van der Waals surface area (Å²) < 4.78 is 1.19. The van der Waals surface area contributed by atoms with Crippen molar-refractivity contribution >= 4 is 11.6 Å². The van der Waals surface area contributed by atoms with Gasteiger partial charge < -0.3 is 0 Å². The summed E-state index contributed by atoms with van der Waals surface area (Å²) in [6.07, 6.45) is 0. The maximum absolute atomic E-state index is 11.6. The van der Waals surface area contributed by atoms with Crippen LogP contribution in [0.5, 0.6) is 0 Å². The first-order valence-electron chi connectivity index (χ1n) is 5.23. The Morgan fingerprint density at radius 1 is 1.44 bits per heavy atom. The fourth-order valence-electron chi connectivity index (χ4n) is 1.23. The average molecular weight is 245 g/mol. The van der Waals surface area contributed by atoms with Crippen LogP contribution >= 0.6 is 11.6 Å². The van der Waals surface area contributed by atoms with Crippen molar-refractivity contribution in [2.45, 2.75) is 34.2 Å². The number of hydrogen-bond donors (Lipinski definition) is 1. The lowest BCUT2D eigenvalue weighted by molar-refractivity contribution is 0.204. The molecule has 0 unspecified atom stereocenters. The second-order valence-corrected chi connectivity index (χ2v) is 5.40. The van der Waals surface area contributed by atoms with Crippen LogP contribution in [0.1, 0.15) is 27.7 Å². The van der Waals surface area contributed by atoms with E-state index >= 15 is 0 Å². The number of nitrogens with zero attached hydrogens (tertiary/aromatic N) is 1. The van der Waals surface area contributed by atoms with Gasteiger partial charge in [0.1, 0.15) is 5.15 Å². The number of hydrogen-bond acceptors (Lipinski definition) is 2. The fraction of sp³-hybridized carbons (Fsp3) is 0.636. The molecule has 0 saturated carbocycles. The molecule has 5 heteroatoms. The maximum Gasteiger partial charge on any atom is 0.329 e. The molecule has 1 aromatic rings.